The van der Waals surface area contributed by atoms with Gasteiger partial charge in [-0.05, 0) is 11.1 Å². The van der Waals surface area contributed by atoms with Crippen LogP contribution in [-0.2, 0) is 13.1 Å². The first-order valence-electron chi connectivity index (χ1n) is 7.20. The van der Waals surface area contributed by atoms with Crippen LogP contribution in [0.1, 0.15) is 32.1 Å². The molecule has 0 saturated heterocycles. The van der Waals surface area contributed by atoms with Crippen molar-refractivity contribution in [3.63, 3.8) is 0 Å². The smallest absolute Gasteiger partial charge is 0.272 e. The zero-order chi connectivity index (χ0) is 15.4. The summed E-state index contributed by atoms with van der Waals surface area (Å²) in [6.07, 6.45) is 0. The molecule has 2 aromatic rings. The second kappa shape index (κ2) is 4.40. The van der Waals surface area contributed by atoms with Crippen molar-refractivity contribution in [2.24, 2.45) is 0 Å². The van der Waals surface area contributed by atoms with E-state index in [1.54, 1.807) is 23.9 Å². The van der Waals surface area contributed by atoms with Crippen LogP contribution in [0.3, 0.4) is 0 Å². The van der Waals surface area contributed by atoms with Crippen molar-refractivity contribution in [3.8, 4) is 11.1 Å². The second-order valence-corrected chi connectivity index (χ2v) is 5.83. The van der Waals surface area contributed by atoms with Gasteiger partial charge in [-0.1, -0.05) is 30.3 Å². The fraction of sp³-hybridized carbons (Fsp3) is 0.235. The summed E-state index contributed by atoms with van der Waals surface area (Å²) in [6, 6.07) is 9.92. The van der Waals surface area contributed by atoms with Gasteiger partial charge in [0.25, 0.3) is 11.8 Å². The number of hydrogen-bond acceptors (Lipinski definition) is 3. The highest BCUT2D eigenvalue weighted by Gasteiger charge is 2.37. The topological polar surface area (TPSA) is 53.5 Å². The fourth-order valence-electron chi connectivity index (χ4n) is 3.26. The van der Waals surface area contributed by atoms with Gasteiger partial charge in [0.2, 0.25) is 0 Å². The molecule has 4 rings (SSSR count). The van der Waals surface area contributed by atoms with Crippen molar-refractivity contribution in [1.29, 1.82) is 0 Å². The zero-order valence-electron chi connectivity index (χ0n) is 12.5. The number of carbonyl (C=O) groups is 2. The Labute approximate surface area is 128 Å². The molecule has 2 amide bonds. The van der Waals surface area contributed by atoms with E-state index in [9.17, 15) is 9.59 Å². The molecule has 0 bridgehead atoms. The molecule has 0 unspecified atom stereocenters. The van der Waals surface area contributed by atoms with Crippen molar-refractivity contribution >= 4 is 11.8 Å². The SMILES string of the molecule is CN1Cc2c(nc3c(c2-c2ccccc2)CN(C)C3=O)C1=O. The molecule has 0 N–H and O–H groups in total. The maximum absolute atomic E-state index is 12.3. The monoisotopic (exact) mass is 293 g/mol. The summed E-state index contributed by atoms with van der Waals surface area (Å²) in [6.45, 7) is 1.08. The highest BCUT2D eigenvalue weighted by Crippen LogP contribution is 2.38. The summed E-state index contributed by atoms with van der Waals surface area (Å²) < 4.78 is 0. The van der Waals surface area contributed by atoms with Gasteiger partial charge in [-0.25, -0.2) is 4.98 Å². The van der Waals surface area contributed by atoms with Gasteiger partial charge in [-0.3, -0.25) is 9.59 Å². The fourth-order valence-corrected chi connectivity index (χ4v) is 3.26. The van der Waals surface area contributed by atoms with Crippen LogP contribution >= 0.6 is 0 Å². The van der Waals surface area contributed by atoms with Crippen LogP contribution in [-0.4, -0.2) is 40.7 Å². The maximum atomic E-state index is 12.3. The Morgan fingerprint density at radius 1 is 0.864 bits per heavy atom. The number of benzene rings is 1. The molecule has 1 aromatic heterocycles. The van der Waals surface area contributed by atoms with Gasteiger partial charge in [-0.2, -0.15) is 0 Å². The van der Waals surface area contributed by atoms with E-state index < -0.39 is 0 Å². The molecule has 0 radical (unpaired) electrons. The first-order chi connectivity index (χ1) is 10.6. The molecule has 110 valence electrons. The van der Waals surface area contributed by atoms with E-state index in [0.29, 0.717) is 24.5 Å². The van der Waals surface area contributed by atoms with Gasteiger partial charge >= 0.3 is 0 Å². The zero-order valence-corrected chi connectivity index (χ0v) is 12.5. The summed E-state index contributed by atoms with van der Waals surface area (Å²) in [7, 11) is 3.52. The Hall–Kier alpha value is -2.69. The third-order valence-corrected chi connectivity index (χ3v) is 4.35. The Balaban J connectivity index is 2.06. The number of carbonyl (C=O) groups excluding carboxylic acids is 2. The third-order valence-electron chi connectivity index (χ3n) is 4.35. The van der Waals surface area contributed by atoms with Gasteiger partial charge in [0.05, 0.1) is 0 Å². The quantitative estimate of drug-likeness (QED) is 0.807. The van der Waals surface area contributed by atoms with Crippen LogP contribution in [0.15, 0.2) is 30.3 Å². The van der Waals surface area contributed by atoms with E-state index in [1.165, 1.54) is 0 Å². The van der Waals surface area contributed by atoms with Crippen LogP contribution in [0.25, 0.3) is 11.1 Å². The van der Waals surface area contributed by atoms with Crippen LogP contribution in [0, 0.1) is 0 Å². The predicted octanol–water partition coefficient (Wildman–Crippen LogP) is 1.92. The molecule has 0 aliphatic carbocycles. The summed E-state index contributed by atoms with van der Waals surface area (Å²) >= 11 is 0. The summed E-state index contributed by atoms with van der Waals surface area (Å²) in [5, 5.41) is 0. The minimum atomic E-state index is -0.114. The Morgan fingerprint density at radius 3 is 1.86 bits per heavy atom. The number of pyridine rings is 1. The van der Waals surface area contributed by atoms with Gasteiger partial charge in [0.15, 0.2) is 0 Å². The van der Waals surface area contributed by atoms with E-state index >= 15 is 0 Å². The summed E-state index contributed by atoms with van der Waals surface area (Å²) in [4.78, 5) is 32.3. The van der Waals surface area contributed by atoms with Crippen molar-refractivity contribution < 1.29 is 9.59 Å². The van der Waals surface area contributed by atoms with E-state index in [2.05, 4.69) is 4.98 Å². The van der Waals surface area contributed by atoms with Crippen LogP contribution in [0.5, 0.6) is 0 Å². The second-order valence-electron chi connectivity index (χ2n) is 5.83. The largest absolute Gasteiger partial charge is 0.336 e. The molecule has 0 fully saturated rings. The average molecular weight is 293 g/mol. The standard InChI is InChI=1S/C17H15N3O2/c1-19-8-11-13(10-6-4-3-5-7-10)12-9-20(2)17(22)15(12)18-14(11)16(19)21/h3-7H,8-9H2,1-2H3. The van der Waals surface area contributed by atoms with Crippen molar-refractivity contribution in [2.45, 2.75) is 13.1 Å². The molecule has 5 nitrogen and oxygen atoms in total. The lowest BCUT2D eigenvalue weighted by molar-refractivity contribution is 0.0808. The molecule has 0 spiro atoms. The Morgan fingerprint density at radius 2 is 1.36 bits per heavy atom. The predicted molar refractivity (Wildman–Crippen MR) is 81.3 cm³/mol. The first-order valence-corrected chi connectivity index (χ1v) is 7.20. The van der Waals surface area contributed by atoms with Crippen molar-refractivity contribution in [2.75, 3.05) is 14.1 Å². The number of nitrogens with zero attached hydrogens (tertiary/aromatic N) is 3. The van der Waals surface area contributed by atoms with Crippen LogP contribution < -0.4 is 0 Å². The molecule has 1 aromatic carbocycles. The number of rotatable bonds is 1. The normalized spacial score (nSPS) is 16.3. The number of aromatic nitrogens is 1. The molecule has 22 heavy (non-hydrogen) atoms. The van der Waals surface area contributed by atoms with Gasteiger partial charge in [-0.15, -0.1) is 0 Å². The minimum Gasteiger partial charge on any atom is -0.336 e. The first kappa shape index (κ1) is 13.0. The van der Waals surface area contributed by atoms with E-state index in [0.717, 1.165) is 22.3 Å². The van der Waals surface area contributed by atoms with Crippen molar-refractivity contribution in [3.05, 3.63) is 52.8 Å². The lowest BCUT2D eigenvalue weighted by atomic mass is 9.94. The average Bonchev–Trinajstić information content (AvgIpc) is 2.96. The van der Waals surface area contributed by atoms with E-state index in [-0.39, 0.29) is 11.8 Å². The molecular formula is C17H15N3O2. The molecule has 5 heteroatoms. The van der Waals surface area contributed by atoms with E-state index in [1.807, 2.05) is 30.3 Å². The molecule has 2 aliphatic heterocycles. The lowest BCUT2D eigenvalue weighted by Crippen LogP contribution is -2.20. The van der Waals surface area contributed by atoms with Crippen molar-refractivity contribution in [1.82, 2.24) is 14.8 Å². The molecule has 3 heterocycles. The Kier molecular flexibility index (Phi) is 2.60. The summed E-state index contributed by atoms with van der Waals surface area (Å²) in [5.74, 6) is -0.227. The van der Waals surface area contributed by atoms with Gasteiger partial charge in [0.1, 0.15) is 11.4 Å². The van der Waals surface area contributed by atoms with Crippen LogP contribution in [0.4, 0.5) is 0 Å². The van der Waals surface area contributed by atoms with Crippen LogP contribution in [0.2, 0.25) is 0 Å². The Bertz CT molecular complexity index is 768. The summed E-state index contributed by atoms with van der Waals surface area (Å²) in [5.41, 5.74) is 4.73. The molecular weight excluding hydrogens is 278 g/mol. The lowest BCUT2D eigenvalue weighted by Gasteiger charge is -2.12. The third kappa shape index (κ3) is 1.62. The highest BCUT2D eigenvalue weighted by atomic mass is 16.2. The van der Waals surface area contributed by atoms with Gasteiger partial charge in [0, 0.05) is 38.3 Å². The highest BCUT2D eigenvalue weighted by molar-refractivity contribution is 6.04. The maximum Gasteiger partial charge on any atom is 0.272 e. The molecule has 2 aliphatic rings. The van der Waals surface area contributed by atoms with E-state index in [4.69, 9.17) is 0 Å². The number of hydrogen-bond donors (Lipinski definition) is 0. The molecule has 0 atom stereocenters. The number of fused-ring (bicyclic) bond motifs is 2. The van der Waals surface area contributed by atoms with Gasteiger partial charge < -0.3 is 9.80 Å². The number of amides is 2. The molecule has 0 saturated carbocycles. The minimum absolute atomic E-state index is 0.114.